The van der Waals surface area contributed by atoms with E-state index in [2.05, 4.69) is 17.5 Å². The highest BCUT2D eigenvalue weighted by Crippen LogP contribution is 2.33. The van der Waals surface area contributed by atoms with E-state index >= 15 is 0 Å². The number of aromatic nitrogens is 1. The van der Waals surface area contributed by atoms with Crippen LogP contribution < -0.4 is 14.9 Å². The van der Waals surface area contributed by atoms with Gasteiger partial charge in [-0.15, -0.1) is 11.3 Å². The number of amides is 1. The maximum Gasteiger partial charge on any atom is 0.262 e. The lowest BCUT2D eigenvalue weighted by Crippen LogP contribution is -2.25. The van der Waals surface area contributed by atoms with Crippen molar-refractivity contribution in [1.29, 1.82) is 0 Å². The number of hydrogen-bond donors (Lipinski definition) is 1. The Morgan fingerprint density at radius 2 is 2.12 bits per heavy atom. The largest absolute Gasteiger partial charge is 0.482 e. The summed E-state index contributed by atoms with van der Waals surface area (Å²) in [5.74, 6) is 0.892. The first kappa shape index (κ1) is 20.7. The van der Waals surface area contributed by atoms with Gasteiger partial charge >= 0.3 is 0 Å². The van der Waals surface area contributed by atoms with Gasteiger partial charge in [0.25, 0.3) is 5.91 Å². The van der Waals surface area contributed by atoms with Crippen LogP contribution in [0.4, 0.5) is 11.4 Å². The van der Waals surface area contributed by atoms with Gasteiger partial charge in [0.15, 0.2) is 6.61 Å². The van der Waals surface area contributed by atoms with Crippen molar-refractivity contribution in [2.45, 2.75) is 19.3 Å². The van der Waals surface area contributed by atoms with Crippen LogP contribution in [0.25, 0.3) is 11.3 Å². The minimum absolute atomic E-state index is 0.0335. The van der Waals surface area contributed by atoms with E-state index in [1.54, 1.807) is 0 Å². The van der Waals surface area contributed by atoms with E-state index in [9.17, 15) is 4.79 Å². The van der Waals surface area contributed by atoms with Gasteiger partial charge in [-0.3, -0.25) is 4.79 Å². The predicted octanol–water partition coefficient (Wildman–Crippen LogP) is 5.62. The summed E-state index contributed by atoms with van der Waals surface area (Å²) < 4.78 is 7.34. The summed E-state index contributed by atoms with van der Waals surface area (Å²) in [6.07, 6.45) is 9.57. The molecule has 32 heavy (non-hydrogen) atoms. The number of allylic oxidation sites excluding steroid dienone is 2. The molecule has 0 saturated carbocycles. The molecule has 0 radical (unpaired) electrons. The molecule has 1 aliphatic carbocycles. The molecule has 5 rings (SSSR count). The average Bonchev–Trinajstić information content (AvgIpc) is 3.21. The second-order valence-corrected chi connectivity index (χ2v) is 8.88. The molecule has 2 aromatic carbocycles. The average molecular weight is 465 g/mol. The number of para-hydroxylation sites is 1. The minimum atomic E-state index is -0.161. The fraction of sp³-hybridized carbons (Fsp3) is 0.208. The van der Waals surface area contributed by atoms with Crippen molar-refractivity contribution < 1.29 is 9.53 Å². The summed E-state index contributed by atoms with van der Waals surface area (Å²) in [6.45, 7) is 0.0335. The highest BCUT2D eigenvalue weighted by atomic mass is 35.5. The quantitative estimate of drug-likeness (QED) is 0.402. The van der Waals surface area contributed by atoms with Crippen LogP contribution in [0, 0.1) is 5.92 Å². The fourth-order valence-corrected chi connectivity index (χ4v) is 4.72. The molecule has 0 saturated heterocycles. The molecule has 1 aliphatic heterocycles. The Hall–Kier alpha value is -3.16. The van der Waals surface area contributed by atoms with Crippen molar-refractivity contribution in [3.05, 3.63) is 69.8 Å². The van der Waals surface area contributed by atoms with Crippen LogP contribution in [0.5, 0.6) is 5.75 Å². The molecule has 162 valence electrons. The summed E-state index contributed by atoms with van der Waals surface area (Å²) in [6, 6.07) is 13.2. The molecule has 1 N–H and O–H groups in total. The van der Waals surface area contributed by atoms with E-state index in [4.69, 9.17) is 26.4 Å². The minimum Gasteiger partial charge on any atom is -0.482 e. The number of hydrogen-bond acceptors (Lipinski definition) is 5. The molecule has 3 aromatic rings. The highest BCUT2D eigenvalue weighted by molar-refractivity contribution is 7.07. The first-order valence-electron chi connectivity index (χ1n) is 10.4. The molecule has 0 spiro atoms. The van der Waals surface area contributed by atoms with Gasteiger partial charge in [0.05, 0.1) is 22.1 Å². The number of carbonyl (C=O) groups excluding carboxylic acids is 1. The number of rotatable bonds is 4. The third-order valence-corrected chi connectivity index (χ3v) is 6.50. The molecule has 6 nitrogen and oxygen atoms in total. The van der Waals surface area contributed by atoms with E-state index in [-0.39, 0.29) is 12.5 Å². The van der Waals surface area contributed by atoms with Crippen LogP contribution >= 0.6 is 22.9 Å². The molecular formula is C24H21ClN4O2S. The molecular weight excluding hydrogens is 444 g/mol. The Balaban J connectivity index is 1.60. The van der Waals surface area contributed by atoms with Crippen molar-refractivity contribution in [2.24, 2.45) is 16.0 Å². The van der Waals surface area contributed by atoms with E-state index in [0.717, 1.165) is 30.5 Å². The zero-order valence-electron chi connectivity index (χ0n) is 17.2. The number of halogens is 1. The van der Waals surface area contributed by atoms with Crippen LogP contribution in [-0.2, 0) is 4.79 Å². The number of thiazole rings is 1. The molecule has 2 aliphatic rings. The Labute approximate surface area is 194 Å². The summed E-state index contributed by atoms with van der Waals surface area (Å²) in [7, 11) is 0. The number of carbonyl (C=O) groups is 1. The van der Waals surface area contributed by atoms with E-state index < -0.39 is 0 Å². The summed E-state index contributed by atoms with van der Waals surface area (Å²) >= 11 is 7.83. The molecule has 8 heteroatoms. The van der Waals surface area contributed by atoms with Crippen LogP contribution in [0.2, 0.25) is 5.02 Å². The Bertz CT molecular complexity index is 1290. The summed E-state index contributed by atoms with van der Waals surface area (Å²) in [5.41, 5.74) is 3.14. The van der Waals surface area contributed by atoms with Crippen molar-refractivity contribution >= 4 is 46.4 Å². The zero-order valence-corrected chi connectivity index (χ0v) is 18.8. The first-order chi connectivity index (χ1) is 15.7. The van der Waals surface area contributed by atoms with Gasteiger partial charge in [0.1, 0.15) is 5.75 Å². The molecule has 0 fully saturated rings. The fourth-order valence-electron chi connectivity index (χ4n) is 3.69. The molecule has 1 amide bonds. The van der Waals surface area contributed by atoms with Crippen LogP contribution in [0.3, 0.4) is 0 Å². The smallest absolute Gasteiger partial charge is 0.262 e. The van der Waals surface area contributed by atoms with Crippen molar-refractivity contribution in [3.63, 3.8) is 0 Å². The second-order valence-electron chi connectivity index (χ2n) is 7.64. The number of nitrogens with zero attached hydrogens (tertiary/aromatic N) is 3. The standard InChI is InChI=1S/C24H21ClN4O2S/c25-18-8-4-5-9-19(18)28-24-29(26-13-16-6-2-1-3-7-16)21(15-32-24)17-10-11-22-20(12-17)27-23(30)14-31-22/h1-2,4-5,8-13,15-16H,3,6-7,14H2,(H,27,30). The van der Waals surface area contributed by atoms with E-state index in [0.29, 0.717) is 32.9 Å². The van der Waals surface area contributed by atoms with Gasteiger partial charge in [-0.2, -0.15) is 5.10 Å². The van der Waals surface area contributed by atoms with Gasteiger partial charge in [-0.25, -0.2) is 9.67 Å². The number of benzene rings is 2. The SMILES string of the molecule is O=C1COc2ccc(-c3csc(=Nc4ccccc4Cl)n3N=CC3CC=CCC3)cc2N1. The topological polar surface area (TPSA) is 68.0 Å². The lowest BCUT2D eigenvalue weighted by atomic mass is 9.96. The maximum absolute atomic E-state index is 11.8. The number of anilines is 1. The highest BCUT2D eigenvalue weighted by Gasteiger charge is 2.18. The maximum atomic E-state index is 11.8. The first-order valence-corrected chi connectivity index (χ1v) is 11.7. The Kier molecular flexibility index (Phi) is 5.92. The lowest BCUT2D eigenvalue weighted by Gasteiger charge is -2.18. The zero-order chi connectivity index (χ0) is 21.9. The predicted molar refractivity (Wildman–Crippen MR) is 129 cm³/mol. The van der Waals surface area contributed by atoms with Gasteiger partial charge in [-0.1, -0.05) is 35.9 Å². The van der Waals surface area contributed by atoms with Crippen LogP contribution in [-0.4, -0.2) is 23.4 Å². The molecule has 1 unspecified atom stereocenters. The second kappa shape index (κ2) is 9.14. The van der Waals surface area contributed by atoms with Crippen LogP contribution in [0.15, 0.2) is 70.1 Å². The van der Waals surface area contributed by atoms with E-state index in [1.807, 2.05) is 58.7 Å². The summed E-state index contributed by atoms with van der Waals surface area (Å²) in [5, 5.41) is 10.3. The number of fused-ring (bicyclic) bond motifs is 1. The van der Waals surface area contributed by atoms with Gasteiger partial charge < -0.3 is 10.1 Å². The monoisotopic (exact) mass is 464 g/mol. The van der Waals surface area contributed by atoms with Gasteiger partial charge in [0, 0.05) is 17.2 Å². The molecule has 2 heterocycles. The normalized spacial score (nSPS) is 18.5. The molecule has 1 atom stereocenters. The number of ether oxygens (including phenoxy) is 1. The van der Waals surface area contributed by atoms with Crippen LogP contribution in [0.1, 0.15) is 19.3 Å². The third-order valence-electron chi connectivity index (χ3n) is 5.36. The lowest BCUT2D eigenvalue weighted by molar-refractivity contribution is -0.118. The van der Waals surface area contributed by atoms with Gasteiger partial charge in [0.2, 0.25) is 4.80 Å². The molecule has 1 aromatic heterocycles. The van der Waals surface area contributed by atoms with Crippen molar-refractivity contribution in [1.82, 2.24) is 4.68 Å². The van der Waals surface area contributed by atoms with Crippen molar-refractivity contribution in [3.8, 4) is 17.0 Å². The Morgan fingerprint density at radius 1 is 1.22 bits per heavy atom. The summed E-state index contributed by atoms with van der Waals surface area (Å²) in [4.78, 5) is 17.3. The van der Waals surface area contributed by atoms with Crippen molar-refractivity contribution in [2.75, 3.05) is 11.9 Å². The van der Waals surface area contributed by atoms with E-state index in [1.165, 1.54) is 11.3 Å². The third kappa shape index (κ3) is 4.40. The van der Waals surface area contributed by atoms with Gasteiger partial charge in [-0.05, 0) is 55.5 Å². The molecule has 0 bridgehead atoms. The Morgan fingerprint density at radius 3 is 2.97 bits per heavy atom. The number of nitrogens with one attached hydrogen (secondary N) is 1.